The minimum absolute atomic E-state index is 0.303. The van der Waals surface area contributed by atoms with E-state index in [1.165, 1.54) is 25.0 Å². The average molecular weight is 196 g/mol. The van der Waals surface area contributed by atoms with Gasteiger partial charge in [-0.3, -0.25) is 4.90 Å². The molecule has 82 valence electrons. The van der Waals surface area contributed by atoms with E-state index in [9.17, 15) is 0 Å². The highest BCUT2D eigenvalue weighted by atomic mass is 15.1. The van der Waals surface area contributed by atoms with Crippen molar-refractivity contribution < 1.29 is 0 Å². The third-order valence-corrected chi connectivity index (χ3v) is 3.36. The fourth-order valence-corrected chi connectivity index (χ4v) is 1.99. The van der Waals surface area contributed by atoms with Crippen LogP contribution >= 0.6 is 0 Å². The lowest BCUT2D eigenvalue weighted by molar-refractivity contribution is 0.171. The van der Waals surface area contributed by atoms with E-state index in [2.05, 4.69) is 31.7 Å². The van der Waals surface area contributed by atoms with Crippen LogP contribution in [0.25, 0.3) is 0 Å². The van der Waals surface area contributed by atoms with E-state index in [1.54, 1.807) is 0 Å². The van der Waals surface area contributed by atoms with Gasteiger partial charge in [0.25, 0.3) is 0 Å². The quantitative estimate of drug-likeness (QED) is 0.697. The number of hydrogen-bond acceptors (Lipinski definition) is 2. The lowest BCUT2D eigenvalue weighted by Crippen LogP contribution is -2.42. The molecule has 0 saturated carbocycles. The minimum Gasteiger partial charge on any atom is -0.330 e. The maximum atomic E-state index is 5.83. The van der Waals surface area contributed by atoms with Crippen LogP contribution in [0.3, 0.4) is 0 Å². The Morgan fingerprint density at radius 1 is 1.57 bits per heavy atom. The zero-order valence-corrected chi connectivity index (χ0v) is 9.84. The Balaban J connectivity index is 2.47. The number of nitrogens with two attached hydrogens (primary N) is 1. The van der Waals surface area contributed by atoms with Gasteiger partial charge in [-0.05, 0) is 31.7 Å². The molecular weight excluding hydrogens is 172 g/mol. The smallest absolute Gasteiger partial charge is 0.0190 e. The summed E-state index contributed by atoms with van der Waals surface area (Å²) in [6, 6.07) is 0. The summed E-state index contributed by atoms with van der Waals surface area (Å²) < 4.78 is 0. The van der Waals surface area contributed by atoms with Gasteiger partial charge in [-0.15, -0.1) is 0 Å². The molecule has 0 saturated heterocycles. The fraction of sp³-hybridized carbons (Fsp3) is 0.833. The van der Waals surface area contributed by atoms with Crippen molar-refractivity contribution in [3.05, 3.63) is 11.6 Å². The Labute approximate surface area is 88.2 Å². The molecule has 0 amide bonds. The molecule has 0 bridgehead atoms. The summed E-state index contributed by atoms with van der Waals surface area (Å²) >= 11 is 0. The topological polar surface area (TPSA) is 29.3 Å². The molecule has 0 aromatic carbocycles. The molecule has 0 aromatic heterocycles. The largest absolute Gasteiger partial charge is 0.330 e. The molecule has 0 fully saturated rings. The van der Waals surface area contributed by atoms with E-state index in [-0.39, 0.29) is 0 Å². The van der Waals surface area contributed by atoms with E-state index >= 15 is 0 Å². The molecule has 14 heavy (non-hydrogen) atoms. The van der Waals surface area contributed by atoms with Crippen LogP contribution in [0, 0.1) is 5.41 Å². The zero-order chi connectivity index (χ0) is 10.6. The van der Waals surface area contributed by atoms with Crippen molar-refractivity contribution in [3.63, 3.8) is 0 Å². The number of hydrogen-bond donors (Lipinski definition) is 1. The SMILES string of the molecule is CCC(C)(CN)CN1CCC=C(C)C1. The standard InChI is InChI=1S/C12H24N2/c1-4-12(3,9-13)10-14-7-5-6-11(2)8-14/h6H,4-5,7-10,13H2,1-3H3. The van der Waals surface area contributed by atoms with Gasteiger partial charge in [0.15, 0.2) is 0 Å². The first-order valence-corrected chi connectivity index (χ1v) is 5.68. The van der Waals surface area contributed by atoms with Crippen LogP contribution in [0.4, 0.5) is 0 Å². The van der Waals surface area contributed by atoms with Crippen LogP contribution in [-0.4, -0.2) is 31.1 Å². The van der Waals surface area contributed by atoms with Gasteiger partial charge in [0.1, 0.15) is 0 Å². The van der Waals surface area contributed by atoms with Crippen LogP contribution < -0.4 is 5.73 Å². The summed E-state index contributed by atoms with van der Waals surface area (Å²) in [5.41, 5.74) is 7.64. The van der Waals surface area contributed by atoms with Crippen LogP contribution in [0.1, 0.15) is 33.6 Å². The predicted molar refractivity (Wildman–Crippen MR) is 62.3 cm³/mol. The van der Waals surface area contributed by atoms with Crippen LogP contribution in [0.15, 0.2) is 11.6 Å². The second kappa shape index (κ2) is 4.94. The van der Waals surface area contributed by atoms with Crippen LogP contribution in [0.5, 0.6) is 0 Å². The van der Waals surface area contributed by atoms with Crippen molar-refractivity contribution in [2.45, 2.75) is 33.6 Å². The van der Waals surface area contributed by atoms with Crippen molar-refractivity contribution in [3.8, 4) is 0 Å². The first-order valence-electron chi connectivity index (χ1n) is 5.68. The Bertz CT molecular complexity index is 204. The van der Waals surface area contributed by atoms with Gasteiger partial charge in [0, 0.05) is 19.6 Å². The third-order valence-electron chi connectivity index (χ3n) is 3.36. The lowest BCUT2D eigenvalue weighted by atomic mass is 9.86. The molecule has 1 heterocycles. The van der Waals surface area contributed by atoms with E-state index < -0.39 is 0 Å². The number of nitrogens with zero attached hydrogens (tertiary/aromatic N) is 1. The molecule has 2 heteroatoms. The van der Waals surface area contributed by atoms with Gasteiger partial charge in [-0.25, -0.2) is 0 Å². The monoisotopic (exact) mass is 196 g/mol. The molecule has 1 unspecified atom stereocenters. The van der Waals surface area contributed by atoms with Gasteiger partial charge in [-0.1, -0.05) is 25.5 Å². The second-order valence-electron chi connectivity index (χ2n) is 4.92. The maximum absolute atomic E-state index is 5.83. The Morgan fingerprint density at radius 2 is 2.29 bits per heavy atom. The molecule has 1 aliphatic heterocycles. The van der Waals surface area contributed by atoms with Crippen molar-refractivity contribution in [1.29, 1.82) is 0 Å². The average Bonchev–Trinajstić information content (AvgIpc) is 2.18. The number of rotatable bonds is 4. The highest BCUT2D eigenvalue weighted by Gasteiger charge is 2.24. The molecule has 1 rings (SSSR count). The highest BCUT2D eigenvalue weighted by Crippen LogP contribution is 2.22. The molecule has 2 N–H and O–H groups in total. The van der Waals surface area contributed by atoms with E-state index in [1.807, 2.05) is 0 Å². The highest BCUT2D eigenvalue weighted by molar-refractivity contribution is 5.05. The Morgan fingerprint density at radius 3 is 2.79 bits per heavy atom. The third kappa shape index (κ3) is 3.10. The first kappa shape index (κ1) is 11.7. The zero-order valence-electron chi connectivity index (χ0n) is 9.84. The molecular formula is C12H24N2. The predicted octanol–water partition coefficient (Wildman–Crippen LogP) is 2.01. The van der Waals surface area contributed by atoms with Gasteiger partial charge >= 0.3 is 0 Å². The van der Waals surface area contributed by atoms with Gasteiger partial charge in [-0.2, -0.15) is 0 Å². The van der Waals surface area contributed by atoms with E-state index in [4.69, 9.17) is 5.73 Å². The summed E-state index contributed by atoms with van der Waals surface area (Å²) in [6.45, 7) is 11.0. The normalized spacial score (nSPS) is 23.0. The summed E-state index contributed by atoms with van der Waals surface area (Å²) in [6.07, 6.45) is 4.72. The summed E-state index contributed by atoms with van der Waals surface area (Å²) in [7, 11) is 0. The van der Waals surface area contributed by atoms with Crippen LogP contribution in [0.2, 0.25) is 0 Å². The molecule has 2 nitrogen and oxygen atoms in total. The first-order chi connectivity index (χ1) is 6.59. The summed E-state index contributed by atoms with van der Waals surface area (Å²) in [5.74, 6) is 0. The fourth-order valence-electron chi connectivity index (χ4n) is 1.99. The Kier molecular flexibility index (Phi) is 4.14. The second-order valence-corrected chi connectivity index (χ2v) is 4.92. The van der Waals surface area contributed by atoms with Crippen molar-refractivity contribution in [2.24, 2.45) is 11.1 Å². The van der Waals surface area contributed by atoms with Gasteiger partial charge in [0.2, 0.25) is 0 Å². The van der Waals surface area contributed by atoms with Crippen molar-refractivity contribution in [1.82, 2.24) is 4.90 Å². The molecule has 0 spiro atoms. The van der Waals surface area contributed by atoms with Crippen molar-refractivity contribution in [2.75, 3.05) is 26.2 Å². The van der Waals surface area contributed by atoms with Gasteiger partial charge in [0.05, 0.1) is 0 Å². The van der Waals surface area contributed by atoms with Crippen molar-refractivity contribution >= 4 is 0 Å². The molecule has 1 aliphatic rings. The summed E-state index contributed by atoms with van der Waals surface area (Å²) in [4.78, 5) is 2.53. The maximum Gasteiger partial charge on any atom is 0.0190 e. The van der Waals surface area contributed by atoms with Gasteiger partial charge < -0.3 is 5.73 Å². The summed E-state index contributed by atoms with van der Waals surface area (Å²) in [5, 5.41) is 0. The van der Waals surface area contributed by atoms with E-state index in [0.29, 0.717) is 5.41 Å². The molecule has 1 atom stereocenters. The van der Waals surface area contributed by atoms with Crippen LogP contribution in [-0.2, 0) is 0 Å². The molecule has 0 radical (unpaired) electrons. The lowest BCUT2D eigenvalue weighted by Gasteiger charge is -2.35. The Hall–Kier alpha value is -0.340. The minimum atomic E-state index is 0.303. The molecule has 0 aromatic rings. The van der Waals surface area contributed by atoms with E-state index in [0.717, 1.165) is 19.6 Å². The molecule has 0 aliphatic carbocycles.